The van der Waals surface area contributed by atoms with Crippen molar-refractivity contribution >= 4 is 18.0 Å². The standard InChI is InChI=1S/C11H11NO3/c12-10(13)7-9(11(14)15)6-8-4-2-1-3-5-8/h1-6H,7H2,(H2,12,13)(H,14,15). The highest BCUT2D eigenvalue weighted by molar-refractivity contribution is 5.97. The molecule has 0 saturated carbocycles. The molecule has 0 aliphatic carbocycles. The van der Waals surface area contributed by atoms with E-state index in [9.17, 15) is 9.59 Å². The average Bonchev–Trinajstić information content (AvgIpc) is 2.17. The van der Waals surface area contributed by atoms with E-state index in [0.717, 1.165) is 5.56 Å². The lowest BCUT2D eigenvalue weighted by Crippen LogP contribution is -2.14. The van der Waals surface area contributed by atoms with Gasteiger partial charge in [-0.1, -0.05) is 30.3 Å². The second kappa shape index (κ2) is 4.95. The zero-order valence-electron chi connectivity index (χ0n) is 8.01. The monoisotopic (exact) mass is 205 g/mol. The number of amides is 1. The first-order valence-corrected chi connectivity index (χ1v) is 4.37. The van der Waals surface area contributed by atoms with Gasteiger partial charge in [0.2, 0.25) is 5.91 Å². The molecule has 0 saturated heterocycles. The highest BCUT2D eigenvalue weighted by Crippen LogP contribution is 2.09. The second-order valence-electron chi connectivity index (χ2n) is 3.03. The Bertz CT molecular complexity index is 396. The lowest BCUT2D eigenvalue weighted by atomic mass is 10.1. The fraction of sp³-hybridized carbons (Fsp3) is 0.0909. The number of rotatable bonds is 4. The summed E-state index contributed by atoms with van der Waals surface area (Å²) in [6.45, 7) is 0. The molecule has 0 atom stereocenters. The van der Waals surface area contributed by atoms with Gasteiger partial charge >= 0.3 is 5.97 Å². The number of hydrogen-bond donors (Lipinski definition) is 2. The van der Waals surface area contributed by atoms with Gasteiger partial charge in [-0.3, -0.25) is 4.79 Å². The van der Waals surface area contributed by atoms with E-state index in [1.165, 1.54) is 6.08 Å². The van der Waals surface area contributed by atoms with Gasteiger partial charge in [-0.15, -0.1) is 0 Å². The van der Waals surface area contributed by atoms with E-state index in [1.807, 2.05) is 6.07 Å². The number of nitrogens with two attached hydrogens (primary N) is 1. The molecule has 0 aliphatic rings. The maximum absolute atomic E-state index is 10.8. The molecule has 0 aromatic heterocycles. The van der Waals surface area contributed by atoms with E-state index in [-0.39, 0.29) is 12.0 Å². The number of hydrogen-bond acceptors (Lipinski definition) is 2. The van der Waals surface area contributed by atoms with Gasteiger partial charge in [0.25, 0.3) is 0 Å². The molecule has 1 amide bonds. The van der Waals surface area contributed by atoms with Crippen LogP contribution in [0.15, 0.2) is 35.9 Å². The van der Waals surface area contributed by atoms with E-state index in [4.69, 9.17) is 10.8 Å². The Morgan fingerprint density at radius 1 is 1.27 bits per heavy atom. The molecule has 1 aromatic rings. The van der Waals surface area contributed by atoms with Gasteiger partial charge in [-0.25, -0.2) is 4.79 Å². The van der Waals surface area contributed by atoms with Crippen LogP contribution in [0.4, 0.5) is 0 Å². The van der Waals surface area contributed by atoms with Gasteiger partial charge in [0.1, 0.15) is 0 Å². The summed E-state index contributed by atoms with van der Waals surface area (Å²) in [4.78, 5) is 21.4. The summed E-state index contributed by atoms with van der Waals surface area (Å²) in [5.74, 6) is -1.78. The fourth-order valence-electron chi connectivity index (χ4n) is 1.13. The van der Waals surface area contributed by atoms with E-state index in [1.54, 1.807) is 24.3 Å². The first-order valence-electron chi connectivity index (χ1n) is 4.37. The van der Waals surface area contributed by atoms with Crippen LogP contribution in [0.1, 0.15) is 12.0 Å². The summed E-state index contributed by atoms with van der Waals surface area (Å²) in [6, 6.07) is 8.91. The summed E-state index contributed by atoms with van der Waals surface area (Å²) < 4.78 is 0. The van der Waals surface area contributed by atoms with Crippen molar-refractivity contribution in [2.45, 2.75) is 6.42 Å². The largest absolute Gasteiger partial charge is 0.478 e. The molecular weight excluding hydrogens is 194 g/mol. The molecular formula is C11H11NO3. The Labute approximate surface area is 87.0 Å². The van der Waals surface area contributed by atoms with Gasteiger partial charge in [-0.2, -0.15) is 0 Å². The molecule has 0 heterocycles. The third-order valence-electron chi connectivity index (χ3n) is 1.78. The maximum atomic E-state index is 10.8. The van der Waals surface area contributed by atoms with Gasteiger partial charge in [0.05, 0.1) is 6.42 Å². The first kappa shape index (κ1) is 11.0. The number of benzene rings is 1. The van der Waals surface area contributed by atoms with Gasteiger partial charge in [0, 0.05) is 5.57 Å². The van der Waals surface area contributed by atoms with Crippen LogP contribution in [0.2, 0.25) is 0 Å². The summed E-state index contributed by atoms with van der Waals surface area (Å²) in [6.07, 6.45) is 1.18. The van der Waals surface area contributed by atoms with Crippen molar-refractivity contribution in [1.82, 2.24) is 0 Å². The van der Waals surface area contributed by atoms with Crippen molar-refractivity contribution in [2.24, 2.45) is 5.73 Å². The van der Waals surface area contributed by atoms with Crippen LogP contribution in [-0.4, -0.2) is 17.0 Å². The molecule has 0 fully saturated rings. The Balaban J connectivity index is 2.94. The minimum atomic E-state index is -1.13. The van der Waals surface area contributed by atoms with E-state index in [2.05, 4.69) is 0 Å². The highest BCUT2D eigenvalue weighted by atomic mass is 16.4. The Morgan fingerprint density at radius 3 is 2.33 bits per heavy atom. The first-order chi connectivity index (χ1) is 7.09. The van der Waals surface area contributed by atoms with Crippen molar-refractivity contribution in [2.75, 3.05) is 0 Å². The normalized spacial score (nSPS) is 11.1. The van der Waals surface area contributed by atoms with E-state index >= 15 is 0 Å². The molecule has 3 N–H and O–H groups in total. The Kier molecular flexibility index (Phi) is 3.62. The second-order valence-corrected chi connectivity index (χ2v) is 3.03. The third-order valence-corrected chi connectivity index (χ3v) is 1.78. The zero-order valence-corrected chi connectivity index (χ0v) is 8.01. The van der Waals surface area contributed by atoms with Crippen molar-refractivity contribution < 1.29 is 14.7 Å². The number of aliphatic carboxylic acids is 1. The lowest BCUT2D eigenvalue weighted by molar-refractivity contribution is -0.133. The van der Waals surface area contributed by atoms with Gasteiger partial charge < -0.3 is 10.8 Å². The maximum Gasteiger partial charge on any atom is 0.332 e. The molecule has 1 aromatic carbocycles. The van der Waals surface area contributed by atoms with Crippen molar-refractivity contribution in [3.8, 4) is 0 Å². The molecule has 4 heteroatoms. The Morgan fingerprint density at radius 2 is 1.87 bits per heavy atom. The third kappa shape index (κ3) is 3.64. The van der Waals surface area contributed by atoms with E-state index < -0.39 is 11.9 Å². The molecule has 15 heavy (non-hydrogen) atoms. The quantitative estimate of drug-likeness (QED) is 0.720. The topological polar surface area (TPSA) is 80.4 Å². The molecule has 0 bridgehead atoms. The molecule has 0 radical (unpaired) electrons. The summed E-state index contributed by atoms with van der Waals surface area (Å²) in [5.41, 5.74) is 5.67. The zero-order chi connectivity index (χ0) is 11.3. The molecule has 4 nitrogen and oxygen atoms in total. The smallest absolute Gasteiger partial charge is 0.332 e. The van der Waals surface area contributed by atoms with Crippen molar-refractivity contribution in [1.29, 1.82) is 0 Å². The van der Waals surface area contributed by atoms with Gasteiger partial charge in [-0.05, 0) is 11.6 Å². The van der Waals surface area contributed by atoms with Crippen LogP contribution in [0, 0.1) is 0 Å². The average molecular weight is 205 g/mol. The van der Waals surface area contributed by atoms with Crippen LogP contribution in [-0.2, 0) is 9.59 Å². The summed E-state index contributed by atoms with van der Waals surface area (Å²) in [5, 5.41) is 8.81. The lowest BCUT2D eigenvalue weighted by Gasteiger charge is -1.99. The van der Waals surface area contributed by atoms with Crippen molar-refractivity contribution in [3.63, 3.8) is 0 Å². The number of carboxylic acid groups (broad SMARTS) is 1. The van der Waals surface area contributed by atoms with Crippen LogP contribution < -0.4 is 5.73 Å². The van der Waals surface area contributed by atoms with Crippen LogP contribution in [0.5, 0.6) is 0 Å². The minimum absolute atomic E-state index is 0.00583. The van der Waals surface area contributed by atoms with Crippen LogP contribution in [0.25, 0.3) is 6.08 Å². The SMILES string of the molecule is NC(=O)CC(=Cc1ccccc1)C(=O)O. The fourth-order valence-corrected chi connectivity index (χ4v) is 1.13. The molecule has 0 spiro atoms. The van der Waals surface area contributed by atoms with Crippen molar-refractivity contribution in [3.05, 3.63) is 41.5 Å². The molecule has 1 rings (SSSR count). The molecule has 0 aliphatic heterocycles. The number of primary amides is 1. The number of carbonyl (C=O) groups is 2. The predicted octanol–water partition coefficient (Wildman–Crippen LogP) is 1.03. The molecule has 0 unspecified atom stereocenters. The summed E-state index contributed by atoms with van der Waals surface area (Å²) in [7, 11) is 0. The Hall–Kier alpha value is -2.10. The number of carboxylic acids is 1. The van der Waals surface area contributed by atoms with Crippen LogP contribution >= 0.6 is 0 Å². The highest BCUT2D eigenvalue weighted by Gasteiger charge is 2.10. The van der Waals surface area contributed by atoms with E-state index in [0.29, 0.717) is 0 Å². The number of carbonyl (C=O) groups excluding carboxylic acids is 1. The predicted molar refractivity (Wildman–Crippen MR) is 55.9 cm³/mol. The van der Waals surface area contributed by atoms with Crippen LogP contribution in [0.3, 0.4) is 0 Å². The van der Waals surface area contributed by atoms with Gasteiger partial charge in [0.15, 0.2) is 0 Å². The molecule has 78 valence electrons. The summed E-state index contributed by atoms with van der Waals surface area (Å²) >= 11 is 0. The minimum Gasteiger partial charge on any atom is -0.478 e.